The van der Waals surface area contributed by atoms with Crippen molar-refractivity contribution in [2.75, 3.05) is 11.9 Å². The first-order chi connectivity index (χ1) is 20.2. The van der Waals surface area contributed by atoms with Crippen LogP contribution in [0.5, 0.6) is 0 Å². The number of hydrogen-bond donors (Lipinski definition) is 2. The average Bonchev–Trinajstić information content (AvgIpc) is 3.51. The molecule has 214 valence electrons. The number of anilines is 1. The summed E-state index contributed by atoms with van der Waals surface area (Å²) in [5, 5.41) is 23.4. The fourth-order valence-corrected chi connectivity index (χ4v) is 5.18. The number of nitrogens with zero attached hydrogens (tertiary/aromatic N) is 5. The fourth-order valence-electron chi connectivity index (χ4n) is 5.00. The van der Waals surface area contributed by atoms with Gasteiger partial charge in [-0.15, -0.1) is 5.10 Å². The van der Waals surface area contributed by atoms with E-state index >= 15 is 0 Å². The third-order valence-corrected chi connectivity index (χ3v) is 7.17. The van der Waals surface area contributed by atoms with E-state index in [1.165, 1.54) is 58.4 Å². The summed E-state index contributed by atoms with van der Waals surface area (Å²) in [5.74, 6) is -4.62. The summed E-state index contributed by atoms with van der Waals surface area (Å²) in [4.78, 5) is 39.9. The van der Waals surface area contributed by atoms with Gasteiger partial charge in [0.1, 0.15) is 24.0 Å². The van der Waals surface area contributed by atoms with Gasteiger partial charge >= 0.3 is 5.97 Å². The number of nitrogens with one attached hydrogen (secondary N) is 1. The summed E-state index contributed by atoms with van der Waals surface area (Å²) in [6, 6.07) is 12.4. The second-order valence-electron chi connectivity index (χ2n) is 9.55. The van der Waals surface area contributed by atoms with Gasteiger partial charge in [-0.3, -0.25) is 9.59 Å². The molecule has 10 nitrogen and oxygen atoms in total. The molecule has 2 atom stereocenters. The Morgan fingerprint density at radius 1 is 1.05 bits per heavy atom. The zero-order valence-corrected chi connectivity index (χ0v) is 22.6. The fraction of sp³-hybridized carbons (Fsp3) is 0.172. The molecule has 1 aromatic heterocycles. The van der Waals surface area contributed by atoms with Crippen molar-refractivity contribution in [1.29, 1.82) is 0 Å². The zero-order chi connectivity index (χ0) is 29.8. The molecule has 5 rings (SSSR count). The van der Waals surface area contributed by atoms with Crippen molar-refractivity contribution < 1.29 is 28.3 Å². The first-order valence-electron chi connectivity index (χ1n) is 12.8. The highest BCUT2D eigenvalue weighted by molar-refractivity contribution is 6.30. The molecule has 2 amide bonds. The highest BCUT2D eigenvalue weighted by atomic mass is 35.5. The van der Waals surface area contributed by atoms with Crippen LogP contribution in [0, 0.1) is 11.6 Å². The van der Waals surface area contributed by atoms with Crippen LogP contribution in [0.3, 0.4) is 0 Å². The molecule has 2 heterocycles. The minimum atomic E-state index is -1.16. The number of hydrogen-bond acceptors (Lipinski definition) is 6. The molecular weight excluding hydrogens is 570 g/mol. The van der Waals surface area contributed by atoms with Gasteiger partial charge < -0.3 is 15.3 Å². The first kappa shape index (κ1) is 28.6. The first-order valence-corrected chi connectivity index (χ1v) is 13.2. The van der Waals surface area contributed by atoms with E-state index in [-0.39, 0.29) is 17.7 Å². The van der Waals surface area contributed by atoms with E-state index in [2.05, 4.69) is 20.8 Å². The summed E-state index contributed by atoms with van der Waals surface area (Å²) in [6.45, 7) is 0.202. The van der Waals surface area contributed by atoms with Gasteiger partial charge in [0.2, 0.25) is 11.8 Å². The molecule has 1 fully saturated rings. The Hall–Kier alpha value is -4.97. The highest BCUT2D eigenvalue weighted by Crippen LogP contribution is 2.35. The van der Waals surface area contributed by atoms with Crippen molar-refractivity contribution in [3.8, 4) is 5.69 Å². The lowest BCUT2D eigenvalue weighted by atomic mass is 9.82. The number of benzene rings is 3. The molecule has 1 aliphatic rings. The normalized spacial score (nSPS) is 16.9. The molecule has 42 heavy (non-hydrogen) atoms. The van der Waals surface area contributed by atoms with Crippen LogP contribution in [0.2, 0.25) is 5.02 Å². The SMILES string of the molecule is O=C(O)c1ccc(NC(=O)C2C(c3ccc(F)cc3F)CCCN2C(=O)C=Cc2cc(Cl)ccc2-n2cnnn2)cc1. The minimum absolute atomic E-state index is 0.0286. The maximum Gasteiger partial charge on any atom is 0.335 e. The van der Waals surface area contributed by atoms with E-state index < -0.39 is 41.4 Å². The Bertz CT molecular complexity index is 1660. The van der Waals surface area contributed by atoms with Crippen molar-refractivity contribution in [3.63, 3.8) is 0 Å². The molecule has 13 heteroatoms. The lowest BCUT2D eigenvalue weighted by Crippen LogP contribution is -2.53. The molecule has 0 aliphatic carbocycles. The van der Waals surface area contributed by atoms with Gasteiger partial charge in [-0.1, -0.05) is 17.7 Å². The Morgan fingerprint density at radius 3 is 2.52 bits per heavy atom. The molecule has 4 aromatic rings. The summed E-state index contributed by atoms with van der Waals surface area (Å²) < 4.78 is 30.1. The molecule has 0 spiro atoms. The Balaban J connectivity index is 1.48. The second kappa shape index (κ2) is 12.3. The standard InChI is InChI=1S/C29H23ClF2N6O4/c30-19-6-11-25(38-16-33-35-36-38)18(14-19)5-12-26(39)37-13-1-2-23(22-10-7-20(31)15-24(22)32)27(37)28(40)34-21-8-3-17(4-9-21)29(41)42/h3-12,14-16,23,27H,1-2,13H2,(H,34,40)(H,41,42). The number of carboxylic acid groups (broad SMARTS) is 1. The van der Waals surface area contributed by atoms with Crippen LogP contribution in [0.4, 0.5) is 14.5 Å². The van der Waals surface area contributed by atoms with Crippen molar-refractivity contribution in [3.05, 3.63) is 106 Å². The predicted molar refractivity (Wildman–Crippen MR) is 149 cm³/mol. The Kier molecular flexibility index (Phi) is 8.34. The van der Waals surface area contributed by atoms with Gasteiger partial charge in [-0.25, -0.2) is 13.6 Å². The number of likely N-dealkylation sites (tertiary alicyclic amines) is 1. The van der Waals surface area contributed by atoms with Crippen molar-refractivity contribution in [1.82, 2.24) is 25.1 Å². The monoisotopic (exact) mass is 592 g/mol. The van der Waals surface area contributed by atoms with Crippen LogP contribution in [0.25, 0.3) is 11.8 Å². The third-order valence-electron chi connectivity index (χ3n) is 6.94. The van der Waals surface area contributed by atoms with Crippen molar-refractivity contribution in [2.45, 2.75) is 24.8 Å². The van der Waals surface area contributed by atoms with Crippen molar-refractivity contribution in [2.24, 2.45) is 0 Å². The van der Waals surface area contributed by atoms with Crippen LogP contribution in [0.15, 0.2) is 73.1 Å². The van der Waals surface area contributed by atoms with Crippen LogP contribution in [-0.4, -0.2) is 60.6 Å². The number of rotatable bonds is 7. The highest BCUT2D eigenvalue weighted by Gasteiger charge is 2.40. The zero-order valence-electron chi connectivity index (χ0n) is 21.8. The molecule has 0 radical (unpaired) electrons. The minimum Gasteiger partial charge on any atom is -0.478 e. The van der Waals surface area contributed by atoms with Crippen LogP contribution < -0.4 is 5.32 Å². The molecule has 2 unspecified atom stereocenters. The number of amides is 2. The van der Waals surface area contributed by atoms with Crippen molar-refractivity contribution >= 4 is 41.1 Å². The van der Waals surface area contributed by atoms with Crippen LogP contribution >= 0.6 is 11.6 Å². The lowest BCUT2D eigenvalue weighted by molar-refractivity contribution is -0.137. The van der Waals surface area contributed by atoms with Gasteiger partial charge in [0.25, 0.3) is 0 Å². The van der Waals surface area contributed by atoms with Gasteiger partial charge in [0, 0.05) is 40.9 Å². The molecule has 1 aliphatic heterocycles. The van der Waals surface area contributed by atoms with Gasteiger partial charge in [0.05, 0.1) is 11.3 Å². The summed E-state index contributed by atoms with van der Waals surface area (Å²) in [6.07, 6.45) is 5.02. The molecule has 3 aromatic carbocycles. The maximum absolute atomic E-state index is 15.0. The smallest absolute Gasteiger partial charge is 0.335 e. The quantitative estimate of drug-likeness (QED) is 0.297. The summed E-state index contributed by atoms with van der Waals surface area (Å²) >= 11 is 6.19. The largest absolute Gasteiger partial charge is 0.478 e. The number of carboxylic acids is 1. The lowest BCUT2D eigenvalue weighted by Gasteiger charge is -2.40. The number of carbonyl (C=O) groups excluding carboxylic acids is 2. The Labute approximate surface area is 243 Å². The number of halogens is 3. The molecule has 0 bridgehead atoms. The summed E-state index contributed by atoms with van der Waals surface area (Å²) in [5.41, 5.74) is 1.51. The number of aromatic nitrogens is 4. The molecular formula is C29H23ClF2N6O4. The predicted octanol–water partition coefficient (Wildman–Crippen LogP) is 4.72. The van der Waals surface area contributed by atoms with E-state index in [0.29, 0.717) is 34.8 Å². The maximum atomic E-state index is 15.0. The number of carbonyl (C=O) groups is 3. The number of piperidine rings is 1. The topological polar surface area (TPSA) is 130 Å². The molecule has 2 N–H and O–H groups in total. The van der Waals surface area contributed by atoms with Crippen LogP contribution in [0.1, 0.15) is 40.2 Å². The number of aromatic carboxylic acids is 1. The molecule has 0 saturated carbocycles. The van der Waals surface area contributed by atoms with Gasteiger partial charge in [0.15, 0.2) is 0 Å². The van der Waals surface area contributed by atoms with E-state index in [0.717, 1.165) is 12.1 Å². The Morgan fingerprint density at radius 2 is 1.83 bits per heavy atom. The van der Waals surface area contributed by atoms with E-state index in [1.54, 1.807) is 18.2 Å². The van der Waals surface area contributed by atoms with Gasteiger partial charge in [-0.05, 0) is 83.4 Å². The number of tetrazole rings is 1. The average molecular weight is 593 g/mol. The van der Waals surface area contributed by atoms with E-state index in [4.69, 9.17) is 16.7 Å². The van der Waals surface area contributed by atoms with E-state index in [1.807, 2.05) is 0 Å². The second-order valence-corrected chi connectivity index (χ2v) is 9.99. The third kappa shape index (κ3) is 6.18. The van der Waals surface area contributed by atoms with E-state index in [9.17, 15) is 23.2 Å². The van der Waals surface area contributed by atoms with Gasteiger partial charge in [-0.2, -0.15) is 4.68 Å². The molecule has 1 saturated heterocycles. The summed E-state index contributed by atoms with van der Waals surface area (Å²) in [7, 11) is 0. The van der Waals surface area contributed by atoms with Crippen LogP contribution in [-0.2, 0) is 9.59 Å².